The summed E-state index contributed by atoms with van der Waals surface area (Å²) in [5, 5.41) is 0. The molecule has 0 spiro atoms. The Morgan fingerprint density at radius 1 is 1.00 bits per heavy atom. The van der Waals surface area contributed by atoms with Crippen molar-refractivity contribution in [3.63, 3.8) is 0 Å². The van der Waals surface area contributed by atoms with Gasteiger partial charge in [-0.25, -0.2) is 0 Å². The van der Waals surface area contributed by atoms with E-state index in [1.165, 1.54) is 32.1 Å². The zero-order valence-corrected chi connectivity index (χ0v) is 11.0. The number of ether oxygens (including phenoxy) is 2. The zero-order valence-electron chi connectivity index (χ0n) is 11.0. The average Bonchev–Trinajstić information content (AvgIpc) is 2.27. The predicted octanol–water partition coefficient (Wildman–Crippen LogP) is 4.30. The average molecular weight is 228 g/mol. The molecule has 0 aliphatic rings. The normalized spacial score (nSPS) is 12.6. The van der Waals surface area contributed by atoms with Crippen LogP contribution in [0.5, 0.6) is 0 Å². The first kappa shape index (κ1) is 15.7. The van der Waals surface area contributed by atoms with Crippen LogP contribution >= 0.6 is 0 Å². The van der Waals surface area contributed by atoms with Crippen molar-refractivity contribution in [2.24, 2.45) is 0 Å². The summed E-state index contributed by atoms with van der Waals surface area (Å²) in [5.41, 5.74) is 0. The highest BCUT2D eigenvalue weighted by molar-refractivity contribution is 4.65. The minimum Gasteiger partial charge on any atom is -0.353 e. The Hall–Kier alpha value is -0.340. The van der Waals surface area contributed by atoms with E-state index < -0.39 is 0 Å². The Balaban J connectivity index is 3.00. The van der Waals surface area contributed by atoms with Gasteiger partial charge in [0, 0.05) is 13.2 Å². The van der Waals surface area contributed by atoms with Crippen molar-refractivity contribution in [2.75, 3.05) is 13.2 Å². The van der Waals surface area contributed by atoms with Crippen LogP contribution in [0, 0.1) is 0 Å². The van der Waals surface area contributed by atoms with Crippen LogP contribution in [-0.4, -0.2) is 19.5 Å². The molecule has 16 heavy (non-hydrogen) atoms. The lowest BCUT2D eigenvalue weighted by Crippen LogP contribution is -2.13. The molecule has 0 saturated carbocycles. The molecule has 0 amide bonds. The molecule has 0 aromatic carbocycles. The smallest absolute Gasteiger partial charge is 0.154 e. The van der Waals surface area contributed by atoms with Crippen molar-refractivity contribution < 1.29 is 9.47 Å². The first-order valence-corrected chi connectivity index (χ1v) is 6.65. The maximum absolute atomic E-state index is 5.49. The van der Waals surface area contributed by atoms with Gasteiger partial charge < -0.3 is 9.47 Å². The highest BCUT2D eigenvalue weighted by Crippen LogP contribution is 2.07. The van der Waals surface area contributed by atoms with Crippen LogP contribution in [0.15, 0.2) is 12.7 Å². The number of allylic oxidation sites excluding steroid dienone is 1. The fourth-order valence-corrected chi connectivity index (χ4v) is 1.63. The van der Waals surface area contributed by atoms with Gasteiger partial charge in [0.2, 0.25) is 0 Å². The third-order valence-electron chi connectivity index (χ3n) is 2.56. The Kier molecular flexibility index (Phi) is 12.5. The van der Waals surface area contributed by atoms with Crippen LogP contribution < -0.4 is 0 Å². The maximum atomic E-state index is 5.49. The molecule has 0 radical (unpaired) electrons. The predicted molar refractivity (Wildman–Crippen MR) is 69.6 cm³/mol. The molecule has 1 atom stereocenters. The van der Waals surface area contributed by atoms with Crippen LogP contribution in [-0.2, 0) is 9.47 Å². The molecule has 0 aliphatic heterocycles. The molecule has 1 unspecified atom stereocenters. The van der Waals surface area contributed by atoms with E-state index in [9.17, 15) is 0 Å². The molecule has 2 nitrogen and oxygen atoms in total. The molecule has 0 aromatic heterocycles. The van der Waals surface area contributed by atoms with Gasteiger partial charge in [0.05, 0.1) is 0 Å². The van der Waals surface area contributed by atoms with Crippen molar-refractivity contribution in [1.29, 1.82) is 0 Å². The molecule has 2 heteroatoms. The first-order valence-electron chi connectivity index (χ1n) is 6.65. The molecular formula is C14H28O2. The Morgan fingerprint density at radius 3 is 2.25 bits per heavy atom. The van der Waals surface area contributed by atoms with Crippen molar-refractivity contribution in [3.8, 4) is 0 Å². The van der Waals surface area contributed by atoms with Crippen molar-refractivity contribution in [1.82, 2.24) is 0 Å². The van der Waals surface area contributed by atoms with E-state index in [0.717, 1.165) is 26.1 Å². The number of hydrogen-bond donors (Lipinski definition) is 0. The van der Waals surface area contributed by atoms with Gasteiger partial charge in [-0.2, -0.15) is 0 Å². The third-order valence-corrected chi connectivity index (χ3v) is 2.56. The Labute approximate surface area is 101 Å². The second-order valence-corrected chi connectivity index (χ2v) is 4.09. The van der Waals surface area contributed by atoms with E-state index in [1.54, 1.807) is 0 Å². The largest absolute Gasteiger partial charge is 0.353 e. The van der Waals surface area contributed by atoms with Gasteiger partial charge in [0.15, 0.2) is 6.29 Å². The molecule has 0 N–H and O–H groups in total. The standard InChI is InChI=1S/C14H28O2/c1-4-6-7-8-9-10-11-12-13-16-14(3)15-5-2/h4,14H,1,5-13H2,2-3H3. The highest BCUT2D eigenvalue weighted by atomic mass is 16.7. The van der Waals surface area contributed by atoms with E-state index in [-0.39, 0.29) is 6.29 Å². The van der Waals surface area contributed by atoms with E-state index in [2.05, 4.69) is 6.58 Å². The second kappa shape index (κ2) is 12.7. The topological polar surface area (TPSA) is 18.5 Å². The lowest BCUT2D eigenvalue weighted by atomic mass is 10.1. The third kappa shape index (κ3) is 11.7. The molecule has 0 heterocycles. The van der Waals surface area contributed by atoms with E-state index in [1.807, 2.05) is 19.9 Å². The number of unbranched alkanes of at least 4 members (excludes halogenated alkanes) is 6. The summed E-state index contributed by atoms with van der Waals surface area (Å²) in [4.78, 5) is 0. The SMILES string of the molecule is C=CCCCCCCCCOC(C)OCC. The summed E-state index contributed by atoms with van der Waals surface area (Å²) in [6.45, 7) is 9.22. The summed E-state index contributed by atoms with van der Waals surface area (Å²) in [7, 11) is 0. The number of rotatable bonds is 12. The minimum absolute atomic E-state index is 0.0439. The zero-order chi connectivity index (χ0) is 12.1. The minimum atomic E-state index is -0.0439. The van der Waals surface area contributed by atoms with Gasteiger partial charge in [-0.05, 0) is 33.1 Å². The molecule has 96 valence electrons. The Morgan fingerprint density at radius 2 is 1.62 bits per heavy atom. The van der Waals surface area contributed by atoms with Crippen LogP contribution in [0.2, 0.25) is 0 Å². The highest BCUT2D eigenvalue weighted by Gasteiger charge is 1.99. The van der Waals surface area contributed by atoms with Crippen molar-refractivity contribution >= 4 is 0 Å². The molecule has 0 fully saturated rings. The lowest BCUT2D eigenvalue weighted by Gasteiger charge is -2.12. The van der Waals surface area contributed by atoms with Crippen molar-refractivity contribution in [2.45, 2.75) is 65.1 Å². The lowest BCUT2D eigenvalue weighted by molar-refractivity contribution is -0.127. The number of hydrogen-bond acceptors (Lipinski definition) is 2. The molecule has 0 aliphatic carbocycles. The Bertz CT molecular complexity index is 146. The van der Waals surface area contributed by atoms with Gasteiger partial charge >= 0.3 is 0 Å². The van der Waals surface area contributed by atoms with Gasteiger partial charge in [-0.15, -0.1) is 6.58 Å². The van der Waals surface area contributed by atoms with E-state index in [0.29, 0.717) is 0 Å². The summed E-state index contributed by atoms with van der Waals surface area (Å²) < 4.78 is 10.8. The van der Waals surface area contributed by atoms with Gasteiger partial charge in [-0.3, -0.25) is 0 Å². The summed E-state index contributed by atoms with van der Waals surface area (Å²) in [6, 6.07) is 0. The van der Waals surface area contributed by atoms with Crippen LogP contribution in [0.1, 0.15) is 58.8 Å². The second-order valence-electron chi connectivity index (χ2n) is 4.09. The van der Waals surface area contributed by atoms with Crippen LogP contribution in [0.3, 0.4) is 0 Å². The first-order chi connectivity index (χ1) is 7.81. The molecule has 0 saturated heterocycles. The quantitative estimate of drug-likeness (QED) is 0.282. The van der Waals surface area contributed by atoms with Crippen LogP contribution in [0.25, 0.3) is 0 Å². The fourth-order valence-electron chi connectivity index (χ4n) is 1.63. The van der Waals surface area contributed by atoms with E-state index in [4.69, 9.17) is 9.47 Å². The van der Waals surface area contributed by atoms with Crippen LogP contribution in [0.4, 0.5) is 0 Å². The fraction of sp³-hybridized carbons (Fsp3) is 0.857. The maximum Gasteiger partial charge on any atom is 0.154 e. The van der Waals surface area contributed by atoms with Gasteiger partial charge in [0.1, 0.15) is 0 Å². The summed E-state index contributed by atoms with van der Waals surface area (Å²) in [5.74, 6) is 0. The summed E-state index contributed by atoms with van der Waals surface area (Å²) >= 11 is 0. The summed E-state index contributed by atoms with van der Waals surface area (Å²) in [6.07, 6.45) is 10.8. The molecule has 0 bridgehead atoms. The van der Waals surface area contributed by atoms with Gasteiger partial charge in [0.25, 0.3) is 0 Å². The van der Waals surface area contributed by atoms with Crippen molar-refractivity contribution in [3.05, 3.63) is 12.7 Å². The molecule has 0 rings (SSSR count). The monoisotopic (exact) mass is 228 g/mol. The van der Waals surface area contributed by atoms with E-state index >= 15 is 0 Å². The molecule has 0 aromatic rings. The van der Waals surface area contributed by atoms with Gasteiger partial charge in [-0.1, -0.05) is 31.8 Å². The molecular weight excluding hydrogens is 200 g/mol.